The summed E-state index contributed by atoms with van der Waals surface area (Å²) in [5.74, 6) is 0.504. The van der Waals surface area contributed by atoms with E-state index in [0.29, 0.717) is 31.5 Å². The summed E-state index contributed by atoms with van der Waals surface area (Å²) in [4.78, 5) is 14.7. The summed E-state index contributed by atoms with van der Waals surface area (Å²) >= 11 is 8.20. The van der Waals surface area contributed by atoms with E-state index in [4.69, 9.17) is 14.2 Å². The molecule has 0 radical (unpaired) electrons. The number of thiol groups is 2. The molecular formula is C23H41BN2O5S2. The van der Waals surface area contributed by atoms with Gasteiger partial charge in [0.1, 0.15) is 5.60 Å². The molecule has 1 rings (SSSR count). The molecule has 1 aromatic carbocycles. The van der Waals surface area contributed by atoms with Crippen LogP contribution in [0, 0.1) is 6.92 Å². The quantitative estimate of drug-likeness (QED) is 0.0914. The maximum absolute atomic E-state index is 12.4. The van der Waals surface area contributed by atoms with Crippen molar-refractivity contribution >= 4 is 38.3 Å². The van der Waals surface area contributed by atoms with Crippen LogP contribution in [0.15, 0.2) is 18.2 Å². The lowest BCUT2D eigenvalue weighted by Gasteiger charge is -2.25. The van der Waals surface area contributed by atoms with E-state index < -0.39 is 12.7 Å². The molecule has 0 bridgehead atoms. The Bertz CT molecular complexity index is 694. The van der Waals surface area contributed by atoms with Gasteiger partial charge in [-0.3, -0.25) is 9.69 Å². The Morgan fingerprint density at radius 1 is 1.18 bits per heavy atom. The van der Waals surface area contributed by atoms with Gasteiger partial charge < -0.3 is 24.5 Å². The lowest BCUT2D eigenvalue weighted by atomic mass is 9.85. The summed E-state index contributed by atoms with van der Waals surface area (Å²) in [7, 11) is -0.727. The van der Waals surface area contributed by atoms with Crippen LogP contribution in [0.3, 0.4) is 0 Å². The van der Waals surface area contributed by atoms with Gasteiger partial charge in [-0.2, -0.15) is 25.3 Å². The molecule has 0 heterocycles. The van der Waals surface area contributed by atoms with Gasteiger partial charge in [0.15, 0.2) is 0 Å². The van der Waals surface area contributed by atoms with Gasteiger partial charge in [0.2, 0.25) is 0 Å². The van der Waals surface area contributed by atoms with Crippen LogP contribution in [0.4, 0.5) is 0 Å². The lowest BCUT2D eigenvalue weighted by Crippen LogP contribution is -2.43. The molecule has 7 nitrogen and oxygen atoms in total. The average molecular weight is 501 g/mol. The van der Waals surface area contributed by atoms with Gasteiger partial charge in [-0.15, -0.1) is 0 Å². The molecule has 1 atom stereocenters. The highest BCUT2D eigenvalue weighted by Crippen LogP contribution is 2.18. The van der Waals surface area contributed by atoms with Crippen LogP contribution in [0.25, 0.3) is 0 Å². The molecule has 0 saturated carbocycles. The number of benzene rings is 1. The van der Waals surface area contributed by atoms with E-state index >= 15 is 0 Å². The van der Waals surface area contributed by atoms with Crippen molar-refractivity contribution in [2.75, 3.05) is 38.2 Å². The Morgan fingerprint density at radius 3 is 2.30 bits per heavy atom. The third-order valence-corrected chi connectivity index (χ3v) is 5.25. The van der Waals surface area contributed by atoms with Gasteiger partial charge in [0.05, 0.1) is 31.5 Å². The first kappa shape index (κ1) is 30.3. The molecule has 0 aromatic heterocycles. The molecule has 33 heavy (non-hydrogen) atoms. The molecule has 0 fully saturated rings. The van der Waals surface area contributed by atoms with Gasteiger partial charge in [-0.1, -0.05) is 18.2 Å². The smallest absolute Gasteiger partial charge is 0.373 e. The fraction of sp³-hybridized carbons (Fsp3) is 0.696. The van der Waals surface area contributed by atoms with Crippen LogP contribution in [-0.4, -0.2) is 72.8 Å². The number of hydrogen-bond acceptors (Lipinski definition) is 9. The number of nitrogens with zero attached hydrogens (tertiary/aromatic N) is 1. The summed E-state index contributed by atoms with van der Waals surface area (Å²) in [6.45, 7) is 12.7. The molecule has 0 aliphatic heterocycles. The average Bonchev–Trinajstić information content (AvgIpc) is 2.68. The monoisotopic (exact) mass is 500 g/mol. The second-order valence-electron chi connectivity index (χ2n) is 9.15. The molecule has 188 valence electrons. The number of rotatable bonds is 16. The molecule has 0 unspecified atom stereocenters. The topological polar surface area (TPSA) is 80.3 Å². The second kappa shape index (κ2) is 16.0. The van der Waals surface area contributed by atoms with E-state index in [9.17, 15) is 9.82 Å². The highest BCUT2D eigenvalue weighted by atomic mass is 32.1. The van der Waals surface area contributed by atoms with Crippen LogP contribution in [0.1, 0.15) is 43.9 Å². The van der Waals surface area contributed by atoms with Gasteiger partial charge in [-0.05, 0) is 57.6 Å². The Morgan fingerprint density at radius 2 is 1.79 bits per heavy atom. The predicted molar refractivity (Wildman–Crippen MR) is 141 cm³/mol. The van der Waals surface area contributed by atoms with Gasteiger partial charge in [0, 0.05) is 25.7 Å². The zero-order chi connectivity index (χ0) is 24.9. The zero-order valence-electron chi connectivity index (χ0n) is 20.7. The van der Waals surface area contributed by atoms with Crippen LogP contribution in [0.5, 0.6) is 0 Å². The molecule has 0 saturated heterocycles. The highest BCUT2D eigenvalue weighted by Gasteiger charge is 2.23. The summed E-state index contributed by atoms with van der Waals surface area (Å²) < 4.78 is 16.3. The third kappa shape index (κ3) is 14.3. The van der Waals surface area contributed by atoms with Gasteiger partial charge in [0.25, 0.3) is 0 Å². The second-order valence-corrected chi connectivity index (χ2v) is 9.66. The minimum atomic E-state index is -0.727. The molecule has 0 aliphatic carbocycles. The van der Waals surface area contributed by atoms with Crippen molar-refractivity contribution < 1.29 is 24.0 Å². The Kier molecular flexibility index (Phi) is 14.7. The standard InChI is InChI=1S/C23H41BN2O5S2/c1-18-6-7-19(15-26(8-10-29-16-32)9-11-30-17-33)12-20(18)13-21(25-24(5)28)14-22(27)31-23(2,3)4/h6-7,12,21,25,28,32-33H,8-11,13-17H2,1-5H3/t21-/m0/s1. The van der Waals surface area contributed by atoms with Crippen molar-refractivity contribution in [3.63, 3.8) is 0 Å². The summed E-state index contributed by atoms with van der Waals surface area (Å²) in [5, 5.41) is 13.0. The number of ether oxygens (including phenoxy) is 3. The van der Waals surface area contributed by atoms with E-state index in [1.54, 1.807) is 6.82 Å². The van der Waals surface area contributed by atoms with E-state index in [1.165, 1.54) is 5.56 Å². The Labute approximate surface area is 210 Å². The predicted octanol–water partition coefficient (Wildman–Crippen LogP) is 2.95. The van der Waals surface area contributed by atoms with E-state index in [0.717, 1.165) is 30.8 Å². The molecule has 0 spiro atoms. The summed E-state index contributed by atoms with van der Waals surface area (Å²) in [5.41, 5.74) is 2.90. The fourth-order valence-electron chi connectivity index (χ4n) is 3.47. The maximum atomic E-state index is 12.4. The normalized spacial score (nSPS) is 12.8. The molecular weight excluding hydrogens is 459 g/mol. The third-order valence-electron chi connectivity index (χ3n) is 4.88. The van der Waals surface area contributed by atoms with Gasteiger partial charge in [-0.25, -0.2) is 0 Å². The molecule has 10 heteroatoms. The van der Waals surface area contributed by atoms with Gasteiger partial charge >= 0.3 is 13.0 Å². The first-order chi connectivity index (χ1) is 15.5. The minimum Gasteiger partial charge on any atom is -0.460 e. The maximum Gasteiger partial charge on any atom is 0.373 e. The van der Waals surface area contributed by atoms with Crippen molar-refractivity contribution in [1.29, 1.82) is 0 Å². The van der Waals surface area contributed by atoms with Crippen molar-refractivity contribution in [3.8, 4) is 0 Å². The van der Waals surface area contributed by atoms with Crippen molar-refractivity contribution in [2.45, 2.75) is 65.5 Å². The van der Waals surface area contributed by atoms with E-state index in [2.05, 4.69) is 60.5 Å². The van der Waals surface area contributed by atoms with E-state index in [-0.39, 0.29) is 18.4 Å². The largest absolute Gasteiger partial charge is 0.460 e. The zero-order valence-corrected chi connectivity index (χ0v) is 22.5. The summed E-state index contributed by atoms with van der Waals surface area (Å²) in [6.07, 6.45) is 0.787. The van der Waals surface area contributed by atoms with Crippen molar-refractivity contribution in [3.05, 3.63) is 34.9 Å². The first-order valence-electron chi connectivity index (χ1n) is 11.4. The van der Waals surface area contributed by atoms with Crippen LogP contribution in [-0.2, 0) is 32.0 Å². The Hall–Kier alpha value is -0.745. The SMILES string of the molecule is CB(O)N[C@H](CC(=O)OC(C)(C)C)Cc1cc(CN(CCOCS)CCOCS)ccc1C. The van der Waals surface area contributed by atoms with Crippen molar-refractivity contribution in [2.24, 2.45) is 0 Å². The molecule has 1 aromatic rings. The molecule has 0 aliphatic rings. The first-order valence-corrected chi connectivity index (χ1v) is 12.6. The number of esters is 1. The lowest BCUT2D eigenvalue weighted by molar-refractivity contribution is -0.155. The number of aryl methyl sites for hydroxylation is 1. The highest BCUT2D eigenvalue weighted by molar-refractivity contribution is 7.80. The minimum absolute atomic E-state index is 0.181. The fourth-order valence-corrected chi connectivity index (χ4v) is 3.73. The number of nitrogens with one attached hydrogen (secondary N) is 1. The number of hydrogen-bond donors (Lipinski definition) is 4. The van der Waals surface area contributed by atoms with Crippen LogP contribution >= 0.6 is 25.3 Å². The van der Waals surface area contributed by atoms with Crippen LogP contribution in [0.2, 0.25) is 6.82 Å². The number of carbonyl (C=O) groups excluding carboxylic acids is 1. The molecule has 0 amide bonds. The van der Waals surface area contributed by atoms with Crippen LogP contribution < -0.4 is 5.23 Å². The Balaban J connectivity index is 2.92. The van der Waals surface area contributed by atoms with Crippen molar-refractivity contribution in [1.82, 2.24) is 10.1 Å². The molecule has 2 N–H and O–H groups in total. The van der Waals surface area contributed by atoms with E-state index in [1.807, 2.05) is 20.8 Å². The summed E-state index contributed by atoms with van der Waals surface area (Å²) in [6, 6.07) is 6.16. The number of carbonyl (C=O) groups is 1.